The highest BCUT2D eigenvalue weighted by atomic mass is 16.2. The summed E-state index contributed by atoms with van der Waals surface area (Å²) in [6, 6.07) is 19.5. The van der Waals surface area contributed by atoms with E-state index >= 15 is 0 Å². The summed E-state index contributed by atoms with van der Waals surface area (Å²) in [6.45, 7) is 6.08. The van der Waals surface area contributed by atoms with E-state index in [-0.39, 0.29) is 11.9 Å². The number of anilines is 1. The van der Waals surface area contributed by atoms with Crippen molar-refractivity contribution in [1.29, 1.82) is 0 Å². The van der Waals surface area contributed by atoms with Crippen LogP contribution in [-0.2, 0) is 6.54 Å². The number of para-hydroxylation sites is 1. The van der Waals surface area contributed by atoms with E-state index in [0.29, 0.717) is 18.3 Å². The molecule has 0 saturated carbocycles. The van der Waals surface area contributed by atoms with Crippen LogP contribution in [-0.4, -0.2) is 76.6 Å². The summed E-state index contributed by atoms with van der Waals surface area (Å²) in [5.41, 5.74) is 4.23. The molecule has 0 bridgehead atoms. The zero-order chi connectivity index (χ0) is 25.9. The molecule has 194 valence electrons. The van der Waals surface area contributed by atoms with Gasteiger partial charge in [0.25, 0.3) is 5.91 Å². The van der Waals surface area contributed by atoms with Gasteiger partial charge in [-0.2, -0.15) is 0 Å². The van der Waals surface area contributed by atoms with Gasteiger partial charge in [-0.1, -0.05) is 24.3 Å². The molecule has 0 radical (unpaired) electrons. The highest BCUT2D eigenvalue weighted by molar-refractivity contribution is 6.07. The van der Waals surface area contributed by atoms with Crippen LogP contribution in [0, 0.1) is 0 Å². The molecule has 2 aromatic carbocycles. The van der Waals surface area contributed by atoms with Gasteiger partial charge in [-0.3, -0.25) is 14.7 Å². The number of carbonyl (C=O) groups is 2. The maximum Gasteiger partial charge on any atom is 0.319 e. The minimum Gasteiger partial charge on any atom is -0.335 e. The van der Waals surface area contributed by atoms with Crippen molar-refractivity contribution < 1.29 is 9.59 Å². The predicted molar refractivity (Wildman–Crippen MR) is 148 cm³/mol. The minimum atomic E-state index is -0.283. The maximum absolute atomic E-state index is 13.5. The third-order valence-electron chi connectivity index (χ3n) is 7.34. The summed E-state index contributed by atoms with van der Waals surface area (Å²) in [5.74, 6) is 0.0786. The summed E-state index contributed by atoms with van der Waals surface area (Å²) in [5, 5.41) is 10.0. The molecule has 9 heteroatoms. The molecule has 6 rings (SSSR count). The highest BCUT2D eigenvalue weighted by Gasteiger charge is 2.36. The number of nitrogens with zero attached hydrogens (tertiary/aromatic N) is 4. The molecule has 2 fully saturated rings. The first-order valence-electron chi connectivity index (χ1n) is 13.0. The van der Waals surface area contributed by atoms with Gasteiger partial charge in [0, 0.05) is 87.2 Å². The number of carbonyl (C=O) groups excluding carboxylic acids is 2. The number of likely N-dealkylation sites (tertiary alicyclic amines) is 1. The van der Waals surface area contributed by atoms with Crippen LogP contribution in [0.25, 0.3) is 16.6 Å². The third kappa shape index (κ3) is 4.98. The maximum atomic E-state index is 13.5. The molecule has 0 aliphatic carbocycles. The van der Waals surface area contributed by atoms with Crippen molar-refractivity contribution in [2.45, 2.75) is 12.6 Å². The summed E-state index contributed by atoms with van der Waals surface area (Å²) in [4.78, 5) is 34.3. The van der Waals surface area contributed by atoms with Crippen molar-refractivity contribution >= 4 is 28.5 Å². The Morgan fingerprint density at radius 1 is 0.974 bits per heavy atom. The molecule has 2 aliphatic rings. The topological polar surface area (TPSA) is 94.5 Å². The van der Waals surface area contributed by atoms with Gasteiger partial charge in [-0.25, -0.2) is 4.79 Å². The smallest absolute Gasteiger partial charge is 0.319 e. The molecule has 0 spiro atoms. The first-order valence-corrected chi connectivity index (χ1v) is 13.0. The van der Waals surface area contributed by atoms with Crippen molar-refractivity contribution in [3.63, 3.8) is 0 Å². The third-order valence-corrected chi connectivity index (χ3v) is 7.34. The van der Waals surface area contributed by atoms with Gasteiger partial charge in [0.1, 0.15) is 0 Å². The van der Waals surface area contributed by atoms with Gasteiger partial charge in [0.15, 0.2) is 0 Å². The Labute approximate surface area is 221 Å². The molecular formula is C29H31N7O2. The Morgan fingerprint density at radius 3 is 2.53 bits per heavy atom. The van der Waals surface area contributed by atoms with Gasteiger partial charge >= 0.3 is 6.03 Å². The van der Waals surface area contributed by atoms with Gasteiger partial charge in [-0.05, 0) is 42.0 Å². The van der Waals surface area contributed by atoms with Crippen LogP contribution in [0.15, 0.2) is 79.3 Å². The molecule has 2 aromatic heterocycles. The number of benzene rings is 2. The molecule has 0 atom stereocenters. The molecule has 9 nitrogen and oxygen atoms in total. The first kappa shape index (κ1) is 24.1. The molecule has 4 aromatic rings. The monoisotopic (exact) mass is 509 g/mol. The van der Waals surface area contributed by atoms with Crippen molar-refractivity contribution in [2.75, 3.05) is 44.6 Å². The largest absolute Gasteiger partial charge is 0.335 e. The Balaban J connectivity index is 1.14. The van der Waals surface area contributed by atoms with Crippen LogP contribution in [0.3, 0.4) is 0 Å². The summed E-state index contributed by atoms with van der Waals surface area (Å²) in [7, 11) is 0. The van der Waals surface area contributed by atoms with Crippen molar-refractivity contribution in [2.24, 2.45) is 0 Å². The molecule has 2 aliphatic heterocycles. The Kier molecular flexibility index (Phi) is 6.76. The second-order valence-electron chi connectivity index (χ2n) is 9.80. The molecule has 38 heavy (non-hydrogen) atoms. The number of fused-ring (bicyclic) bond motifs is 1. The Bertz CT molecular complexity index is 1420. The van der Waals surface area contributed by atoms with E-state index in [2.05, 4.69) is 25.8 Å². The molecule has 3 amide bonds. The number of nitrogens with one attached hydrogen (secondary N) is 3. The van der Waals surface area contributed by atoms with Crippen molar-refractivity contribution in [3.8, 4) is 5.69 Å². The number of aromatic nitrogens is 2. The van der Waals surface area contributed by atoms with Gasteiger partial charge < -0.3 is 25.4 Å². The molecule has 3 N–H and O–H groups in total. The number of hydrogen-bond acceptors (Lipinski definition) is 5. The van der Waals surface area contributed by atoms with E-state index < -0.39 is 0 Å². The lowest BCUT2D eigenvalue weighted by atomic mass is 10.0. The fourth-order valence-electron chi connectivity index (χ4n) is 5.20. The minimum absolute atomic E-state index is 0.0786. The predicted octanol–water partition coefficient (Wildman–Crippen LogP) is 3.08. The van der Waals surface area contributed by atoms with Crippen LogP contribution in [0.1, 0.15) is 15.9 Å². The number of pyridine rings is 1. The van der Waals surface area contributed by atoms with E-state index in [1.54, 1.807) is 12.4 Å². The number of piperazine rings is 1. The number of rotatable bonds is 6. The van der Waals surface area contributed by atoms with Crippen LogP contribution < -0.4 is 16.0 Å². The van der Waals surface area contributed by atoms with Crippen molar-refractivity contribution in [1.82, 2.24) is 30.0 Å². The molecule has 4 heterocycles. The number of amides is 3. The van der Waals surface area contributed by atoms with Crippen LogP contribution in [0.2, 0.25) is 0 Å². The summed E-state index contributed by atoms with van der Waals surface area (Å²) < 4.78 is 2.04. The first-order chi connectivity index (χ1) is 18.7. The van der Waals surface area contributed by atoms with E-state index in [1.807, 2.05) is 76.3 Å². The Hall–Kier alpha value is -4.21. The van der Waals surface area contributed by atoms with E-state index in [4.69, 9.17) is 0 Å². The SMILES string of the molecule is O=C(NCc1cccnc1)Nc1ccc(-n2cc(C(=O)N3CC(N4CCNCC4)C3)c3ccccc32)cc1. The van der Waals surface area contributed by atoms with Crippen molar-refractivity contribution in [3.05, 3.63) is 90.4 Å². The average Bonchev–Trinajstić information content (AvgIpc) is 3.32. The fraction of sp³-hybridized carbons (Fsp3) is 0.276. The summed E-state index contributed by atoms with van der Waals surface area (Å²) >= 11 is 0. The lowest BCUT2D eigenvalue weighted by molar-refractivity contribution is 0.0228. The van der Waals surface area contributed by atoms with Gasteiger partial charge in [-0.15, -0.1) is 0 Å². The quantitative estimate of drug-likeness (QED) is 0.371. The highest BCUT2D eigenvalue weighted by Crippen LogP contribution is 2.28. The van der Waals surface area contributed by atoms with Crippen LogP contribution in [0.5, 0.6) is 0 Å². The van der Waals surface area contributed by atoms with E-state index in [9.17, 15) is 9.59 Å². The Morgan fingerprint density at radius 2 is 1.76 bits per heavy atom. The second-order valence-corrected chi connectivity index (χ2v) is 9.80. The van der Waals surface area contributed by atoms with E-state index in [1.165, 1.54) is 0 Å². The molecule has 0 unspecified atom stereocenters. The zero-order valence-corrected chi connectivity index (χ0v) is 21.1. The lowest BCUT2D eigenvalue weighted by Gasteiger charge is -2.46. The fourth-order valence-corrected chi connectivity index (χ4v) is 5.20. The normalized spacial score (nSPS) is 16.3. The van der Waals surface area contributed by atoms with Gasteiger partial charge in [0.2, 0.25) is 0 Å². The number of urea groups is 1. The lowest BCUT2D eigenvalue weighted by Crippen LogP contribution is -2.63. The van der Waals surface area contributed by atoms with E-state index in [0.717, 1.165) is 67.0 Å². The van der Waals surface area contributed by atoms with Crippen LogP contribution in [0.4, 0.5) is 10.5 Å². The zero-order valence-electron chi connectivity index (χ0n) is 21.1. The number of hydrogen-bond donors (Lipinski definition) is 3. The summed E-state index contributed by atoms with van der Waals surface area (Å²) in [6.07, 6.45) is 5.36. The molecular weight excluding hydrogens is 478 g/mol. The van der Waals surface area contributed by atoms with Crippen LogP contribution >= 0.6 is 0 Å². The van der Waals surface area contributed by atoms with Gasteiger partial charge in [0.05, 0.1) is 11.1 Å². The standard InChI is InChI=1S/C29H31N7O2/c37-28(35-18-24(19-35)34-14-12-30-13-15-34)26-20-36(27-6-2-1-5-25(26)27)23-9-7-22(8-10-23)33-29(38)32-17-21-4-3-11-31-16-21/h1-11,16,20,24,30H,12-15,17-19H2,(H2,32,33,38). The second kappa shape index (κ2) is 10.6. The average molecular weight is 510 g/mol. The molecule has 2 saturated heterocycles.